The summed E-state index contributed by atoms with van der Waals surface area (Å²) >= 11 is 0. The molecule has 4 rings (SSSR count). The van der Waals surface area contributed by atoms with Crippen molar-refractivity contribution in [2.75, 3.05) is 32.1 Å². The van der Waals surface area contributed by atoms with Crippen LogP contribution in [0, 0.1) is 0 Å². The number of likely N-dealkylation sites (tertiary alicyclic amines) is 1. The molecule has 0 bridgehead atoms. The number of hydrogen-bond donors (Lipinski definition) is 0. The molecular formula is C25H30N4O. The Hall–Kier alpha value is -2.92. The number of rotatable bonds is 7. The highest BCUT2D eigenvalue weighted by molar-refractivity contribution is 5.40. The predicted octanol–water partition coefficient (Wildman–Crippen LogP) is 4.50. The molecule has 1 aromatic carbocycles. The average molecular weight is 403 g/mol. The molecule has 1 fully saturated rings. The van der Waals surface area contributed by atoms with E-state index < -0.39 is 0 Å². The number of aromatic nitrogens is 2. The summed E-state index contributed by atoms with van der Waals surface area (Å²) in [6, 6.07) is 18.7. The molecule has 1 aliphatic rings. The van der Waals surface area contributed by atoms with Crippen molar-refractivity contribution in [3.63, 3.8) is 0 Å². The lowest BCUT2D eigenvalue weighted by Crippen LogP contribution is -2.34. The van der Waals surface area contributed by atoms with Gasteiger partial charge in [-0.3, -0.25) is 9.88 Å². The predicted molar refractivity (Wildman–Crippen MR) is 121 cm³/mol. The molecule has 30 heavy (non-hydrogen) atoms. The maximum atomic E-state index is 6.12. The molecular weight excluding hydrogens is 372 g/mol. The third-order valence-corrected chi connectivity index (χ3v) is 5.67. The quantitative estimate of drug-likeness (QED) is 0.582. The van der Waals surface area contributed by atoms with Gasteiger partial charge < -0.3 is 9.64 Å². The zero-order valence-electron chi connectivity index (χ0n) is 17.9. The Kier molecular flexibility index (Phi) is 6.60. The second kappa shape index (κ2) is 9.72. The van der Waals surface area contributed by atoms with E-state index in [1.165, 1.54) is 24.0 Å². The molecule has 0 aliphatic carbocycles. The van der Waals surface area contributed by atoms with Gasteiger partial charge in [0.05, 0.1) is 5.69 Å². The molecule has 156 valence electrons. The van der Waals surface area contributed by atoms with Gasteiger partial charge in [-0.25, -0.2) is 4.98 Å². The van der Waals surface area contributed by atoms with Crippen molar-refractivity contribution in [2.45, 2.75) is 31.9 Å². The maximum absolute atomic E-state index is 6.12. The monoisotopic (exact) mass is 402 g/mol. The molecule has 1 aliphatic heterocycles. The number of benzene rings is 1. The first kappa shape index (κ1) is 20.4. The third-order valence-electron chi connectivity index (χ3n) is 5.67. The smallest absolute Gasteiger partial charge is 0.130 e. The van der Waals surface area contributed by atoms with Gasteiger partial charge in [-0.2, -0.15) is 0 Å². The van der Waals surface area contributed by atoms with Crippen LogP contribution in [-0.4, -0.2) is 42.1 Å². The van der Waals surface area contributed by atoms with E-state index in [0.717, 1.165) is 36.9 Å². The van der Waals surface area contributed by atoms with Crippen LogP contribution in [0.25, 0.3) is 0 Å². The highest BCUT2D eigenvalue weighted by Crippen LogP contribution is 2.30. The normalized spacial score (nSPS) is 16.9. The van der Waals surface area contributed by atoms with Crippen LogP contribution >= 0.6 is 0 Å². The SMILES string of the molecule is CN(C)c1cc(C2CCCN(Cc3ccccc3OCc3ccccn3)C2)ccn1. The summed E-state index contributed by atoms with van der Waals surface area (Å²) in [5, 5.41) is 0. The minimum absolute atomic E-state index is 0.491. The van der Waals surface area contributed by atoms with Crippen molar-refractivity contribution in [3.8, 4) is 5.75 Å². The van der Waals surface area contributed by atoms with Crippen molar-refractivity contribution >= 4 is 5.82 Å². The number of pyridine rings is 2. The first-order valence-electron chi connectivity index (χ1n) is 10.7. The zero-order chi connectivity index (χ0) is 20.8. The summed E-state index contributed by atoms with van der Waals surface area (Å²) in [5.41, 5.74) is 3.57. The third kappa shape index (κ3) is 5.16. The van der Waals surface area contributed by atoms with Crippen LogP contribution in [-0.2, 0) is 13.2 Å². The number of ether oxygens (including phenoxy) is 1. The van der Waals surface area contributed by atoms with E-state index >= 15 is 0 Å². The Balaban J connectivity index is 1.42. The van der Waals surface area contributed by atoms with Crippen molar-refractivity contribution < 1.29 is 4.74 Å². The van der Waals surface area contributed by atoms with Crippen molar-refractivity contribution in [3.05, 3.63) is 83.8 Å². The lowest BCUT2D eigenvalue weighted by atomic mass is 9.91. The molecule has 2 aromatic heterocycles. The molecule has 0 radical (unpaired) electrons. The Morgan fingerprint density at radius 3 is 2.73 bits per heavy atom. The molecule has 1 saturated heterocycles. The lowest BCUT2D eigenvalue weighted by molar-refractivity contribution is 0.196. The maximum Gasteiger partial charge on any atom is 0.130 e. The summed E-state index contributed by atoms with van der Waals surface area (Å²) in [4.78, 5) is 13.4. The Bertz CT molecular complexity index is 945. The van der Waals surface area contributed by atoms with Gasteiger partial charge in [0.1, 0.15) is 18.2 Å². The molecule has 5 nitrogen and oxygen atoms in total. The van der Waals surface area contributed by atoms with Crippen molar-refractivity contribution in [2.24, 2.45) is 0 Å². The molecule has 0 saturated carbocycles. The van der Waals surface area contributed by atoms with E-state index in [-0.39, 0.29) is 0 Å². The van der Waals surface area contributed by atoms with Crippen LogP contribution in [0.15, 0.2) is 67.0 Å². The number of para-hydroxylation sites is 1. The first-order valence-corrected chi connectivity index (χ1v) is 10.7. The van der Waals surface area contributed by atoms with Gasteiger partial charge in [-0.15, -0.1) is 0 Å². The van der Waals surface area contributed by atoms with Gasteiger partial charge in [0.2, 0.25) is 0 Å². The highest BCUT2D eigenvalue weighted by Gasteiger charge is 2.22. The largest absolute Gasteiger partial charge is 0.487 e. The summed E-state index contributed by atoms with van der Waals surface area (Å²) in [5.74, 6) is 2.52. The van der Waals surface area contributed by atoms with Crippen LogP contribution in [0.4, 0.5) is 5.82 Å². The number of nitrogens with zero attached hydrogens (tertiary/aromatic N) is 4. The number of hydrogen-bond acceptors (Lipinski definition) is 5. The van der Waals surface area contributed by atoms with Gasteiger partial charge in [-0.1, -0.05) is 24.3 Å². The second-order valence-corrected chi connectivity index (χ2v) is 8.13. The van der Waals surface area contributed by atoms with E-state index in [4.69, 9.17) is 4.74 Å². The molecule has 5 heteroatoms. The van der Waals surface area contributed by atoms with Gasteiger partial charge in [0.25, 0.3) is 0 Å². The van der Waals surface area contributed by atoms with E-state index in [2.05, 4.69) is 50.1 Å². The van der Waals surface area contributed by atoms with Gasteiger partial charge in [0.15, 0.2) is 0 Å². The van der Waals surface area contributed by atoms with E-state index in [1.54, 1.807) is 6.20 Å². The Labute approximate surface area is 179 Å². The zero-order valence-corrected chi connectivity index (χ0v) is 17.9. The molecule has 0 N–H and O–H groups in total. The second-order valence-electron chi connectivity index (χ2n) is 8.13. The van der Waals surface area contributed by atoms with Crippen molar-refractivity contribution in [1.29, 1.82) is 0 Å². The van der Waals surface area contributed by atoms with Crippen molar-refractivity contribution in [1.82, 2.24) is 14.9 Å². The fraction of sp³-hybridized carbons (Fsp3) is 0.360. The van der Waals surface area contributed by atoms with Gasteiger partial charge in [-0.05, 0) is 61.2 Å². The summed E-state index contributed by atoms with van der Waals surface area (Å²) in [7, 11) is 4.09. The molecule has 1 atom stereocenters. The van der Waals surface area contributed by atoms with Crippen LogP contribution in [0.5, 0.6) is 5.75 Å². The van der Waals surface area contributed by atoms with E-state index in [0.29, 0.717) is 12.5 Å². The van der Waals surface area contributed by atoms with Crippen LogP contribution in [0.1, 0.15) is 35.6 Å². The fourth-order valence-electron chi connectivity index (χ4n) is 4.06. The minimum Gasteiger partial charge on any atom is -0.487 e. The standard InChI is InChI=1S/C25H30N4O/c1-28(2)25-16-20(12-14-27-25)21-9-7-15-29(17-21)18-22-8-3-4-11-24(22)30-19-23-10-5-6-13-26-23/h3-6,8,10-14,16,21H,7,9,15,17-19H2,1-2H3. The van der Waals surface area contributed by atoms with E-state index in [9.17, 15) is 0 Å². The topological polar surface area (TPSA) is 41.5 Å². The lowest BCUT2D eigenvalue weighted by Gasteiger charge is -2.33. The Morgan fingerprint density at radius 2 is 1.90 bits per heavy atom. The highest BCUT2D eigenvalue weighted by atomic mass is 16.5. The summed E-state index contributed by atoms with van der Waals surface area (Å²) in [6.07, 6.45) is 6.18. The van der Waals surface area contributed by atoms with E-state index in [1.807, 2.05) is 44.6 Å². The summed E-state index contributed by atoms with van der Waals surface area (Å²) < 4.78 is 6.12. The molecule has 1 unspecified atom stereocenters. The average Bonchev–Trinajstić information content (AvgIpc) is 2.79. The minimum atomic E-state index is 0.491. The number of piperidine rings is 1. The van der Waals surface area contributed by atoms with Crippen LogP contribution in [0.2, 0.25) is 0 Å². The summed E-state index contributed by atoms with van der Waals surface area (Å²) in [6.45, 7) is 3.58. The fourth-order valence-corrected chi connectivity index (χ4v) is 4.06. The molecule has 3 heterocycles. The van der Waals surface area contributed by atoms with Gasteiger partial charge in [0, 0.05) is 45.1 Å². The number of anilines is 1. The molecule has 0 spiro atoms. The molecule has 0 amide bonds. The van der Waals surface area contributed by atoms with Gasteiger partial charge >= 0.3 is 0 Å². The first-order chi connectivity index (χ1) is 14.7. The molecule has 3 aromatic rings. The van der Waals surface area contributed by atoms with Crippen LogP contribution in [0.3, 0.4) is 0 Å². The van der Waals surface area contributed by atoms with Crippen LogP contribution < -0.4 is 9.64 Å². The Morgan fingerprint density at radius 1 is 1.03 bits per heavy atom.